The van der Waals surface area contributed by atoms with E-state index in [2.05, 4.69) is 31.5 Å². The van der Waals surface area contributed by atoms with E-state index in [0.29, 0.717) is 12.5 Å². The Bertz CT molecular complexity index is 385. The highest BCUT2D eigenvalue weighted by Gasteiger charge is 2.27. The lowest BCUT2D eigenvalue weighted by atomic mass is 10.1. The molecule has 0 radical (unpaired) electrons. The molecule has 0 saturated heterocycles. The maximum atomic E-state index is 5.54. The molecule has 1 aromatic carbocycles. The first kappa shape index (κ1) is 9.59. The molecule has 1 heterocycles. The number of nitrogens with zero attached hydrogens (tertiary/aromatic N) is 1. The zero-order valence-electron chi connectivity index (χ0n) is 8.32. The van der Waals surface area contributed by atoms with Crippen molar-refractivity contribution in [3.8, 4) is 0 Å². The van der Waals surface area contributed by atoms with Gasteiger partial charge in [-0.25, -0.2) is 4.99 Å². The summed E-state index contributed by atoms with van der Waals surface area (Å²) in [4.78, 5) is 5.40. The van der Waals surface area contributed by atoms with Gasteiger partial charge in [-0.2, -0.15) is 0 Å². The summed E-state index contributed by atoms with van der Waals surface area (Å²) in [5, 5.41) is 0. The van der Waals surface area contributed by atoms with Crippen LogP contribution in [-0.4, -0.2) is 18.0 Å². The van der Waals surface area contributed by atoms with E-state index in [1.165, 1.54) is 0 Å². The summed E-state index contributed by atoms with van der Waals surface area (Å²) in [6, 6.07) is 7.83. The minimum atomic E-state index is -0.106. The molecule has 2 rings (SSSR count). The smallest absolute Gasteiger partial charge is 0.217 e. The largest absolute Gasteiger partial charge is 0.475 e. The Morgan fingerprint density at radius 3 is 2.64 bits per heavy atom. The fourth-order valence-electron chi connectivity index (χ4n) is 1.38. The Morgan fingerprint density at radius 1 is 1.36 bits per heavy atom. The van der Waals surface area contributed by atoms with Crippen LogP contribution in [0, 0.1) is 0 Å². The summed E-state index contributed by atoms with van der Waals surface area (Å²) in [6.45, 7) is 4.76. The van der Waals surface area contributed by atoms with Crippen molar-refractivity contribution in [2.45, 2.75) is 24.3 Å². The molecule has 14 heavy (non-hydrogen) atoms. The highest BCUT2D eigenvalue weighted by Crippen LogP contribution is 2.23. The summed E-state index contributed by atoms with van der Waals surface area (Å²) in [5.74, 6) is 0.709. The number of thiol groups is 1. The minimum absolute atomic E-state index is 0.106. The van der Waals surface area contributed by atoms with Gasteiger partial charge in [-0.05, 0) is 26.0 Å². The topological polar surface area (TPSA) is 21.6 Å². The van der Waals surface area contributed by atoms with E-state index in [-0.39, 0.29) is 5.54 Å². The summed E-state index contributed by atoms with van der Waals surface area (Å²) in [5.41, 5.74) is 0.868. The van der Waals surface area contributed by atoms with Crippen LogP contribution in [0.5, 0.6) is 0 Å². The quantitative estimate of drug-likeness (QED) is 0.702. The Kier molecular flexibility index (Phi) is 2.27. The SMILES string of the molecule is CC1(C)COC(c2ccccc2S)=N1. The molecule has 0 aliphatic carbocycles. The van der Waals surface area contributed by atoms with Crippen LogP contribution in [0.4, 0.5) is 0 Å². The van der Waals surface area contributed by atoms with Crippen LogP contribution >= 0.6 is 12.6 Å². The van der Waals surface area contributed by atoms with Gasteiger partial charge in [0.25, 0.3) is 0 Å². The number of ether oxygens (including phenoxy) is 1. The van der Waals surface area contributed by atoms with Crippen LogP contribution in [0.15, 0.2) is 34.2 Å². The van der Waals surface area contributed by atoms with Crippen LogP contribution < -0.4 is 0 Å². The summed E-state index contributed by atoms with van der Waals surface area (Å²) >= 11 is 4.37. The van der Waals surface area contributed by atoms with Crippen molar-refractivity contribution in [2.24, 2.45) is 4.99 Å². The van der Waals surface area contributed by atoms with Crippen LogP contribution in [0.1, 0.15) is 19.4 Å². The zero-order valence-corrected chi connectivity index (χ0v) is 9.21. The van der Waals surface area contributed by atoms with Gasteiger partial charge in [-0.3, -0.25) is 0 Å². The van der Waals surface area contributed by atoms with E-state index in [0.717, 1.165) is 10.5 Å². The second kappa shape index (κ2) is 3.31. The fraction of sp³-hybridized carbons (Fsp3) is 0.364. The number of hydrogen-bond donors (Lipinski definition) is 1. The van der Waals surface area contributed by atoms with Crippen molar-refractivity contribution in [3.63, 3.8) is 0 Å². The first-order valence-electron chi connectivity index (χ1n) is 4.59. The predicted molar refractivity (Wildman–Crippen MR) is 60.3 cm³/mol. The molecule has 0 N–H and O–H groups in total. The highest BCUT2D eigenvalue weighted by molar-refractivity contribution is 7.80. The molecule has 0 fully saturated rings. The van der Waals surface area contributed by atoms with Crippen molar-refractivity contribution in [2.75, 3.05) is 6.61 Å². The molecule has 2 nitrogen and oxygen atoms in total. The highest BCUT2D eigenvalue weighted by atomic mass is 32.1. The van der Waals surface area contributed by atoms with Gasteiger partial charge < -0.3 is 4.74 Å². The maximum Gasteiger partial charge on any atom is 0.217 e. The Hall–Kier alpha value is -0.960. The van der Waals surface area contributed by atoms with Crippen molar-refractivity contribution >= 4 is 18.5 Å². The van der Waals surface area contributed by atoms with Crippen LogP contribution in [0.3, 0.4) is 0 Å². The van der Waals surface area contributed by atoms with E-state index in [1.54, 1.807) is 0 Å². The third kappa shape index (κ3) is 1.77. The van der Waals surface area contributed by atoms with E-state index in [1.807, 2.05) is 24.3 Å². The average molecular weight is 207 g/mol. The molecule has 1 aliphatic rings. The van der Waals surface area contributed by atoms with Gasteiger partial charge in [-0.1, -0.05) is 12.1 Å². The molecule has 1 aromatic rings. The van der Waals surface area contributed by atoms with Gasteiger partial charge in [0.1, 0.15) is 6.61 Å². The van der Waals surface area contributed by atoms with E-state index >= 15 is 0 Å². The third-order valence-electron chi connectivity index (χ3n) is 2.10. The molecule has 74 valence electrons. The standard InChI is InChI=1S/C11H13NOS/c1-11(2)7-13-10(12-11)8-5-3-4-6-9(8)14/h3-6,14H,7H2,1-2H3. The molecule has 0 amide bonds. The van der Waals surface area contributed by atoms with Crippen molar-refractivity contribution in [1.82, 2.24) is 0 Å². The predicted octanol–water partition coefficient (Wildman–Crippen LogP) is 2.53. The Morgan fingerprint density at radius 2 is 2.07 bits per heavy atom. The molecule has 1 aliphatic heterocycles. The average Bonchev–Trinajstić information content (AvgIpc) is 2.47. The van der Waals surface area contributed by atoms with E-state index < -0.39 is 0 Å². The van der Waals surface area contributed by atoms with E-state index in [9.17, 15) is 0 Å². The van der Waals surface area contributed by atoms with Gasteiger partial charge in [0, 0.05) is 10.5 Å². The molecule has 0 spiro atoms. The third-order valence-corrected chi connectivity index (χ3v) is 2.49. The molecule has 3 heteroatoms. The van der Waals surface area contributed by atoms with Gasteiger partial charge in [0.2, 0.25) is 5.90 Å². The number of rotatable bonds is 1. The fourth-order valence-corrected chi connectivity index (χ4v) is 1.63. The lowest BCUT2D eigenvalue weighted by molar-refractivity contribution is 0.279. The van der Waals surface area contributed by atoms with Crippen LogP contribution in [-0.2, 0) is 4.74 Å². The molecular formula is C11H13NOS. The summed E-state index contributed by atoms with van der Waals surface area (Å²) < 4.78 is 5.54. The Balaban J connectivity index is 2.38. The van der Waals surface area contributed by atoms with Crippen LogP contribution in [0.25, 0.3) is 0 Å². The lowest BCUT2D eigenvalue weighted by Gasteiger charge is -2.07. The second-order valence-corrected chi connectivity index (χ2v) is 4.52. The number of hydrogen-bond acceptors (Lipinski definition) is 3. The lowest BCUT2D eigenvalue weighted by Crippen LogP contribution is -2.17. The minimum Gasteiger partial charge on any atom is -0.475 e. The van der Waals surface area contributed by atoms with Crippen molar-refractivity contribution in [3.05, 3.63) is 29.8 Å². The van der Waals surface area contributed by atoms with Gasteiger partial charge in [0.05, 0.1) is 5.54 Å². The van der Waals surface area contributed by atoms with Crippen molar-refractivity contribution < 1.29 is 4.74 Å². The normalized spacial score (nSPS) is 18.9. The van der Waals surface area contributed by atoms with Gasteiger partial charge in [0.15, 0.2) is 0 Å². The summed E-state index contributed by atoms with van der Waals surface area (Å²) in [6.07, 6.45) is 0. The molecule has 0 atom stereocenters. The van der Waals surface area contributed by atoms with Gasteiger partial charge >= 0.3 is 0 Å². The molecule has 0 aromatic heterocycles. The zero-order chi connectivity index (χ0) is 10.2. The molecule has 0 saturated carbocycles. The molecule has 0 unspecified atom stereocenters. The number of aliphatic imine (C=N–C) groups is 1. The first-order chi connectivity index (χ1) is 6.58. The summed E-state index contributed by atoms with van der Waals surface area (Å²) in [7, 11) is 0. The maximum absolute atomic E-state index is 5.54. The second-order valence-electron chi connectivity index (χ2n) is 4.04. The van der Waals surface area contributed by atoms with E-state index in [4.69, 9.17) is 4.74 Å². The molecule has 0 bridgehead atoms. The molecular weight excluding hydrogens is 194 g/mol. The Labute approximate surface area is 89.4 Å². The monoisotopic (exact) mass is 207 g/mol. The van der Waals surface area contributed by atoms with Gasteiger partial charge in [-0.15, -0.1) is 12.6 Å². The van der Waals surface area contributed by atoms with Crippen molar-refractivity contribution in [1.29, 1.82) is 0 Å². The van der Waals surface area contributed by atoms with Crippen LogP contribution in [0.2, 0.25) is 0 Å². The number of benzene rings is 1. The first-order valence-corrected chi connectivity index (χ1v) is 5.04.